The van der Waals surface area contributed by atoms with Crippen molar-refractivity contribution >= 4 is 29.9 Å². The van der Waals surface area contributed by atoms with Gasteiger partial charge in [0, 0.05) is 31.9 Å². The standard InChI is InChI=1S/C19H25FN4O2.HI/c1-4-25-18-10-15(8-9-22-18)13-24-19(21-3)23-12-14(2)26-17-7-5-6-16(20)11-17;/h5-11,14H,4,12-13H2,1-3H3,(H2,21,23,24);1H. The first-order valence-corrected chi connectivity index (χ1v) is 8.55. The zero-order valence-electron chi connectivity index (χ0n) is 15.7. The summed E-state index contributed by atoms with van der Waals surface area (Å²) in [6.07, 6.45) is 1.56. The van der Waals surface area contributed by atoms with Crippen molar-refractivity contribution < 1.29 is 13.9 Å². The third-order valence-electron chi connectivity index (χ3n) is 3.47. The van der Waals surface area contributed by atoms with Crippen molar-refractivity contribution in [3.63, 3.8) is 0 Å². The largest absolute Gasteiger partial charge is 0.489 e. The highest BCUT2D eigenvalue weighted by Gasteiger charge is 2.07. The lowest BCUT2D eigenvalue weighted by Gasteiger charge is -2.18. The molecule has 2 rings (SSSR count). The molecule has 0 aliphatic rings. The monoisotopic (exact) mass is 488 g/mol. The maximum Gasteiger partial charge on any atom is 0.213 e. The van der Waals surface area contributed by atoms with Crippen LogP contribution in [0.5, 0.6) is 11.6 Å². The van der Waals surface area contributed by atoms with Crippen LogP contribution in [0.25, 0.3) is 0 Å². The highest BCUT2D eigenvalue weighted by atomic mass is 127. The van der Waals surface area contributed by atoms with Crippen molar-refractivity contribution in [2.45, 2.75) is 26.5 Å². The zero-order valence-corrected chi connectivity index (χ0v) is 18.1. The van der Waals surface area contributed by atoms with E-state index >= 15 is 0 Å². The maximum atomic E-state index is 13.2. The fourth-order valence-electron chi connectivity index (χ4n) is 2.25. The molecule has 0 aliphatic heterocycles. The second-order valence-electron chi connectivity index (χ2n) is 5.63. The molecule has 2 aromatic rings. The summed E-state index contributed by atoms with van der Waals surface area (Å²) in [5, 5.41) is 6.41. The Morgan fingerprint density at radius 1 is 1.26 bits per heavy atom. The summed E-state index contributed by atoms with van der Waals surface area (Å²) in [7, 11) is 1.70. The Morgan fingerprint density at radius 3 is 2.78 bits per heavy atom. The van der Waals surface area contributed by atoms with Crippen molar-refractivity contribution in [2.24, 2.45) is 4.99 Å². The summed E-state index contributed by atoms with van der Waals surface area (Å²) in [5.74, 6) is 1.44. The number of nitrogens with zero attached hydrogens (tertiary/aromatic N) is 2. The molecule has 0 amide bonds. The molecule has 0 bridgehead atoms. The number of ether oxygens (including phenoxy) is 2. The van der Waals surface area contributed by atoms with Gasteiger partial charge in [-0.1, -0.05) is 6.07 Å². The first-order valence-electron chi connectivity index (χ1n) is 8.55. The fourth-order valence-corrected chi connectivity index (χ4v) is 2.25. The predicted octanol–water partition coefficient (Wildman–Crippen LogP) is 3.37. The molecule has 6 nitrogen and oxygen atoms in total. The molecule has 0 fully saturated rings. The zero-order chi connectivity index (χ0) is 18.8. The van der Waals surface area contributed by atoms with E-state index < -0.39 is 0 Å². The average molecular weight is 488 g/mol. The number of guanidine groups is 1. The minimum atomic E-state index is -0.316. The first kappa shape index (κ1) is 22.9. The van der Waals surface area contributed by atoms with E-state index in [2.05, 4.69) is 20.6 Å². The summed E-state index contributed by atoms with van der Waals surface area (Å²) in [6, 6.07) is 9.90. The van der Waals surface area contributed by atoms with Crippen molar-refractivity contribution in [3.05, 3.63) is 54.0 Å². The summed E-state index contributed by atoms with van der Waals surface area (Å²) in [4.78, 5) is 8.33. The molecule has 1 atom stereocenters. The van der Waals surface area contributed by atoms with Gasteiger partial charge in [-0.05, 0) is 37.6 Å². The van der Waals surface area contributed by atoms with Gasteiger partial charge in [-0.25, -0.2) is 9.37 Å². The van der Waals surface area contributed by atoms with E-state index in [0.717, 1.165) is 5.56 Å². The van der Waals surface area contributed by atoms with E-state index in [1.807, 2.05) is 26.0 Å². The topological polar surface area (TPSA) is 67.8 Å². The van der Waals surface area contributed by atoms with Gasteiger partial charge in [-0.3, -0.25) is 4.99 Å². The molecule has 0 saturated heterocycles. The number of aliphatic imine (C=N–C) groups is 1. The lowest BCUT2D eigenvalue weighted by molar-refractivity contribution is 0.223. The summed E-state index contributed by atoms with van der Waals surface area (Å²) < 4.78 is 24.3. The SMILES string of the molecule is CCOc1cc(CNC(=NC)NCC(C)Oc2cccc(F)c2)ccn1.I. The lowest BCUT2D eigenvalue weighted by Crippen LogP contribution is -2.41. The van der Waals surface area contributed by atoms with Gasteiger partial charge in [-0.15, -0.1) is 24.0 Å². The predicted molar refractivity (Wildman–Crippen MR) is 116 cm³/mol. The van der Waals surface area contributed by atoms with Crippen molar-refractivity contribution in [3.8, 4) is 11.6 Å². The van der Waals surface area contributed by atoms with Gasteiger partial charge in [0.15, 0.2) is 5.96 Å². The van der Waals surface area contributed by atoms with Gasteiger partial charge >= 0.3 is 0 Å². The van der Waals surface area contributed by atoms with E-state index in [0.29, 0.717) is 37.3 Å². The van der Waals surface area contributed by atoms with Crippen LogP contribution in [0.3, 0.4) is 0 Å². The number of pyridine rings is 1. The van der Waals surface area contributed by atoms with Crippen molar-refractivity contribution in [1.29, 1.82) is 0 Å². The summed E-state index contributed by atoms with van der Waals surface area (Å²) in [6.45, 7) is 5.52. The molecular formula is C19H26FIN4O2. The highest BCUT2D eigenvalue weighted by molar-refractivity contribution is 14.0. The molecule has 0 aliphatic carbocycles. The molecule has 148 valence electrons. The van der Waals surface area contributed by atoms with E-state index in [-0.39, 0.29) is 35.9 Å². The van der Waals surface area contributed by atoms with Gasteiger partial charge in [-0.2, -0.15) is 0 Å². The van der Waals surface area contributed by atoms with E-state index in [4.69, 9.17) is 9.47 Å². The number of rotatable bonds is 8. The van der Waals surface area contributed by atoms with Crippen LogP contribution >= 0.6 is 24.0 Å². The van der Waals surface area contributed by atoms with Crippen LogP contribution in [-0.4, -0.2) is 37.2 Å². The normalized spacial score (nSPS) is 11.9. The molecule has 0 radical (unpaired) electrons. The number of halogens is 2. The number of hydrogen-bond donors (Lipinski definition) is 2. The molecule has 1 heterocycles. The molecular weight excluding hydrogens is 462 g/mol. The Morgan fingerprint density at radius 2 is 2.07 bits per heavy atom. The number of hydrogen-bond acceptors (Lipinski definition) is 4. The molecule has 1 aromatic carbocycles. The third kappa shape index (κ3) is 8.42. The second kappa shape index (κ2) is 12.3. The first-order chi connectivity index (χ1) is 12.6. The average Bonchev–Trinajstić information content (AvgIpc) is 2.62. The van der Waals surface area contributed by atoms with Crippen molar-refractivity contribution in [2.75, 3.05) is 20.2 Å². The maximum absolute atomic E-state index is 13.2. The second-order valence-corrected chi connectivity index (χ2v) is 5.63. The van der Waals surface area contributed by atoms with Crippen LogP contribution in [0.4, 0.5) is 4.39 Å². The van der Waals surface area contributed by atoms with Crippen LogP contribution in [0.1, 0.15) is 19.4 Å². The molecule has 1 aromatic heterocycles. The quantitative estimate of drug-likeness (QED) is 0.339. The molecule has 27 heavy (non-hydrogen) atoms. The van der Waals surface area contributed by atoms with E-state index in [1.165, 1.54) is 12.1 Å². The van der Waals surface area contributed by atoms with E-state index in [1.54, 1.807) is 25.4 Å². The Hall–Kier alpha value is -2.10. The van der Waals surface area contributed by atoms with Gasteiger partial charge in [0.25, 0.3) is 0 Å². The Kier molecular flexibility index (Phi) is 10.5. The molecule has 0 saturated carbocycles. The Balaban J connectivity index is 0.00000364. The Labute approximate surface area is 176 Å². The van der Waals surface area contributed by atoms with Gasteiger partial charge < -0.3 is 20.1 Å². The highest BCUT2D eigenvalue weighted by Crippen LogP contribution is 2.13. The lowest BCUT2D eigenvalue weighted by atomic mass is 10.2. The number of aromatic nitrogens is 1. The molecule has 1 unspecified atom stereocenters. The summed E-state index contributed by atoms with van der Waals surface area (Å²) in [5.41, 5.74) is 1.04. The minimum absolute atomic E-state index is 0. The van der Waals surface area contributed by atoms with Crippen LogP contribution in [-0.2, 0) is 6.54 Å². The molecule has 0 spiro atoms. The van der Waals surface area contributed by atoms with Gasteiger partial charge in [0.2, 0.25) is 5.88 Å². The molecule has 2 N–H and O–H groups in total. The third-order valence-corrected chi connectivity index (χ3v) is 3.47. The van der Waals surface area contributed by atoms with Crippen LogP contribution in [0, 0.1) is 5.82 Å². The van der Waals surface area contributed by atoms with Gasteiger partial charge in [0.05, 0.1) is 13.2 Å². The van der Waals surface area contributed by atoms with Crippen LogP contribution in [0.15, 0.2) is 47.6 Å². The number of benzene rings is 1. The summed E-state index contributed by atoms with van der Waals surface area (Å²) >= 11 is 0. The fraction of sp³-hybridized carbons (Fsp3) is 0.368. The van der Waals surface area contributed by atoms with Crippen LogP contribution in [0.2, 0.25) is 0 Å². The smallest absolute Gasteiger partial charge is 0.213 e. The van der Waals surface area contributed by atoms with Crippen molar-refractivity contribution in [1.82, 2.24) is 15.6 Å². The van der Waals surface area contributed by atoms with E-state index in [9.17, 15) is 4.39 Å². The number of nitrogens with one attached hydrogen (secondary N) is 2. The minimum Gasteiger partial charge on any atom is -0.489 e. The van der Waals surface area contributed by atoms with Gasteiger partial charge in [0.1, 0.15) is 17.7 Å². The van der Waals surface area contributed by atoms with Crippen LogP contribution < -0.4 is 20.1 Å². The Bertz CT molecular complexity index is 730. The molecule has 8 heteroatoms.